The first kappa shape index (κ1) is 17.3. The van der Waals surface area contributed by atoms with Gasteiger partial charge in [0.1, 0.15) is 12.4 Å². The van der Waals surface area contributed by atoms with E-state index in [4.69, 9.17) is 4.74 Å². The average molecular weight is 365 g/mol. The molecule has 0 radical (unpaired) electrons. The molecule has 1 atom stereocenters. The van der Waals surface area contributed by atoms with Gasteiger partial charge >= 0.3 is 0 Å². The van der Waals surface area contributed by atoms with Gasteiger partial charge in [-0.1, -0.05) is 36.4 Å². The van der Waals surface area contributed by atoms with Gasteiger partial charge < -0.3 is 10.1 Å². The summed E-state index contributed by atoms with van der Waals surface area (Å²) in [6, 6.07) is 17.7. The van der Waals surface area contributed by atoms with E-state index < -0.39 is 0 Å². The highest BCUT2D eigenvalue weighted by Gasteiger charge is 2.18. The molecule has 1 aromatic heterocycles. The van der Waals surface area contributed by atoms with Crippen molar-refractivity contribution in [2.24, 2.45) is 0 Å². The summed E-state index contributed by atoms with van der Waals surface area (Å²) in [6.45, 7) is 3.42. The number of aryl methyl sites for hydroxylation is 2. The molecule has 0 unspecified atom stereocenters. The Morgan fingerprint density at radius 3 is 2.81 bits per heavy atom. The lowest BCUT2D eigenvalue weighted by molar-refractivity contribution is 0.302. The summed E-state index contributed by atoms with van der Waals surface area (Å²) >= 11 is 1.66. The Hall–Kier alpha value is -2.17. The average Bonchev–Trinajstić information content (AvgIpc) is 3.11. The highest BCUT2D eigenvalue weighted by Crippen LogP contribution is 2.29. The van der Waals surface area contributed by atoms with E-state index in [-0.39, 0.29) is 0 Å². The molecule has 0 saturated carbocycles. The largest absolute Gasteiger partial charge is 0.487 e. The second-order valence-electron chi connectivity index (χ2n) is 6.82. The summed E-state index contributed by atoms with van der Waals surface area (Å²) in [5.41, 5.74) is 5.24. The van der Waals surface area contributed by atoms with E-state index in [2.05, 4.69) is 52.1 Å². The lowest BCUT2D eigenvalue weighted by Crippen LogP contribution is -2.24. The maximum atomic E-state index is 5.83. The lowest BCUT2D eigenvalue weighted by Gasteiger charge is -2.26. The molecule has 0 fully saturated rings. The maximum absolute atomic E-state index is 5.83. The Morgan fingerprint density at radius 2 is 2.00 bits per heavy atom. The molecule has 3 aromatic rings. The van der Waals surface area contributed by atoms with Crippen LogP contribution in [0.2, 0.25) is 0 Å². The molecule has 0 bridgehead atoms. The van der Waals surface area contributed by atoms with Crippen LogP contribution in [0.5, 0.6) is 5.75 Å². The van der Waals surface area contributed by atoms with Crippen LogP contribution in [0.4, 0.5) is 0 Å². The number of fused-ring (bicyclic) bond motifs is 1. The van der Waals surface area contributed by atoms with Crippen molar-refractivity contribution in [3.63, 3.8) is 0 Å². The number of aromatic nitrogens is 1. The van der Waals surface area contributed by atoms with Crippen molar-refractivity contribution in [3.8, 4) is 5.75 Å². The van der Waals surface area contributed by atoms with Crippen LogP contribution >= 0.6 is 11.3 Å². The van der Waals surface area contributed by atoms with Crippen LogP contribution in [-0.2, 0) is 19.6 Å². The number of hydrogen-bond acceptors (Lipinski definition) is 4. The third-order valence-corrected chi connectivity index (χ3v) is 5.72. The predicted molar refractivity (Wildman–Crippen MR) is 107 cm³/mol. The van der Waals surface area contributed by atoms with Crippen molar-refractivity contribution in [1.82, 2.24) is 10.3 Å². The second-order valence-corrected chi connectivity index (χ2v) is 7.88. The van der Waals surface area contributed by atoms with Gasteiger partial charge in [-0.15, -0.1) is 11.3 Å². The molecule has 1 heterocycles. The number of thiazole rings is 1. The first-order valence-electron chi connectivity index (χ1n) is 9.22. The van der Waals surface area contributed by atoms with Crippen molar-refractivity contribution in [1.29, 1.82) is 0 Å². The highest BCUT2D eigenvalue weighted by atomic mass is 32.1. The molecule has 2 aromatic carbocycles. The molecule has 4 rings (SSSR count). The summed E-state index contributed by atoms with van der Waals surface area (Å²) in [5, 5.41) is 6.85. The van der Waals surface area contributed by atoms with Crippen molar-refractivity contribution in [2.45, 2.75) is 45.4 Å². The zero-order valence-corrected chi connectivity index (χ0v) is 15.9. The number of rotatable bonds is 6. The van der Waals surface area contributed by atoms with Gasteiger partial charge in [-0.05, 0) is 55.0 Å². The topological polar surface area (TPSA) is 34.1 Å². The van der Waals surface area contributed by atoms with E-state index in [1.807, 2.05) is 19.1 Å². The molecule has 3 nitrogen and oxygen atoms in total. The van der Waals surface area contributed by atoms with Gasteiger partial charge in [0.25, 0.3) is 0 Å². The summed E-state index contributed by atoms with van der Waals surface area (Å²) in [6.07, 6.45) is 3.68. The van der Waals surface area contributed by atoms with Gasteiger partial charge in [-0.2, -0.15) is 0 Å². The normalized spacial score (nSPS) is 16.3. The standard InChI is InChI=1S/C22H24N2OS/c1-16-24-19(15-26-16)14-25-20-11-9-17(10-12-20)13-23-22-8-4-6-18-5-2-3-7-21(18)22/h2-3,5,7,9-12,15,22-23H,4,6,8,13-14H2,1H3/t22-/m1/s1. The van der Waals surface area contributed by atoms with Gasteiger partial charge in [-0.25, -0.2) is 4.98 Å². The number of ether oxygens (including phenoxy) is 1. The highest BCUT2D eigenvalue weighted by molar-refractivity contribution is 7.09. The molecular formula is C22H24N2OS. The second kappa shape index (κ2) is 8.02. The zero-order chi connectivity index (χ0) is 17.8. The molecule has 4 heteroatoms. The van der Waals surface area contributed by atoms with Crippen LogP contribution in [-0.4, -0.2) is 4.98 Å². The quantitative estimate of drug-likeness (QED) is 0.653. The van der Waals surface area contributed by atoms with Gasteiger partial charge in [-0.3, -0.25) is 0 Å². The van der Waals surface area contributed by atoms with E-state index >= 15 is 0 Å². The first-order valence-corrected chi connectivity index (χ1v) is 10.1. The number of benzene rings is 2. The molecule has 0 saturated heterocycles. The van der Waals surface area contributed by atoms with Gasteiger partial charge in [0.15, 0.2) is 0 Å². The SMILES string of the molecule is Cc1nc(COc2ccc(CN[C@@H]3CCCc4ccccc43)cc2)cs1. The number of nitrogens with one attached hydrogen (secondary N) is 1. The Labute approximate surface area is 159 Å². The fourth-order valence-corrected chi connectivity index (χ4v) is 4.14. The van der Waals surface area contributed by atoms with Crippen LogP contribution in [0.1, 0.15) is 46.3 Å². The molecule has 1 aliphatic rings. The zero-order valence-electron chi connectivity index (χ0n) is 15.1. The van der Waals surface area contributed by atoms with Gasteiger partial charge in [0, 0.05) is 18.0 Å². The van der Waals surface area contributed by atoms with Crippen LogP contribution in [0, 0.1) is 6.92 Å². The smallest absolute Gasteiger partial charge is 0.131 e. The minimum Gasteiger partial charge on any atom is -0.487 e. The third-order valence-electron chi connectivity index (χ3n) is 4.90. The van der Waals surface area contributed by atoms with Crippen molar-refractivity contribution < 1.29 is 4.74 Å². The first-order chi connectivity index (χ1) is 12.8. The molecule has 0 spiro atoms. The minimum atomic E-state index is 0.462. The Morgan fingerprint density at radius 1 is 1.15 bits per heavy atom. The van der Waals surface area contributed by atoms with Crippen molar-refractivity contribution >= 4 is 11.3 Å². The van der Waals surface area contributed by atoms with E-state index in [9.17, 15) is 0 Å². The summed E-state index contributed by atoms with van der Waals surface area (Å²) in [7, 11) is 0. The number of nitrogens with zero attached hydrogens (tertiary/aromatic N) is 1. The fourth-order valence-electron chi connectivity index (χ4n) is 3.54. The van der Waals surface area contributed by atoms with Crippen LogP contribution in [0.15, 0.2) is 53.9 Å². The van der Waals surface area contributed by atoms with E-state index in [0.29, 0.717) is 12.6 Å². The molecule has 0 amide bonds. The number of hydrogen-bond donors (Lipinski definition) is 1. The summed E-state index contributed by atoms with van der Waals surface area (Å²) in [4.78, 5) is 4.43. The van der Waals surface area contributed by atoms with E-state index in [1.165, 1.54) is 36.0 Å². The van der Waals surface area contributed by atoms with Gasteiger partial charge in [0.2, 0.25) is 0 Å². The van der Waals surface area contributed by atoms with Crippen LogP contribution < -0.4 is 10.1 Å². The summed E-state index contributed by atoms with van der Waals surface area (Å²) in [5.74, 6) is 0.891. The van der Waals surface area contributed by atoms with E-state index in [0.717, 1.165) is 23.0 Å². The van der Waals surface area contributed by atoms with Gasteiger partial charge in [0.05, 0.1) is 10.7 Å². The minimum absolute atomic E-state index is 0.462. The fraction of sp³-hybridized carbons (Fsp3) is 0.318. The Bertz CT molecular complexity index is 857. The van der Waals surface area contributed by atoms with E-state index in [1.54, 1.807) is 11.3 Å². The third kappa shape index (κ3) is 4.14. The van der Waals surface area contributed by atoms with Crippen LogP contribution in [0.3, 0.4) is 0 Å². The molecule has 1 aliphatic carbocycles. The monoisotopic (exact) mass is 364 g/mol. The molecule has 26 heavy (non-hydrogen) atoms. The Balaban J connectivity index is 1.32. The van der Waals surface area contributed by atoms with Crippen molar-refractivity contribution in [2.75, 3.05) is 0 Å². The predicted octanol–water partition coefficient (Wildman–Crippen LogP) is 5.20. The Kier molecular flexibility index (Phi) is 5.32. The van der Waals surface area contributed by atoms with Crippen molar-refractivity contribution in [3.05, 3.63) is 81.3 Å². The molecule has 1 N–H and O–H groups in total. The lowest BCUT2D eigenvalue weighted by atomic mass is 9.87. The molecular weight excluding hydrogens is 340 g/mol. The maximum Gasteiger partial charge on any atom is 0.131 e. The molecule has 0 aliphatic heterocycles. The molecule has 134 valence electrons. The summed E-state index contributed by atoms with van der Waals surface area (Å²) < 4.78 is 5.83. The van der Waals surface area contributed by atoms with Crippen LogP contribution in [0.25, 0.3) is 0 Å².